The number of methoxy groups -OCH3 is 1. The Morgan fingerprint density at radius 1 is 1.00 bits per heavy atom. The highest BCUT2D eigenvalue weighted by Gasteiger charge is 2.17. The van der Waals surface area contributed by atoms with E-state index in [4.69, 9.17) is 19.0 Å². The summed E-state index contributed by atoms with van der Waals surface area (Å²) in [6.07, 6.45) is -0.115. The predicted octanol–water partition coefficient (Wildman–Crippen LogP) is 5.83. The van der Waals surface area contributed by atoms with E-state index in [0.29, 0.717) is 23.7 Å². The number of carboxylic acids is 1. The van der Waals surface area contributed by atoms with Gasteiger partial charge in [0.25, 0.3) is 5.91 Å². The van der Waals surface area contributed by atoms with Gasteiger partial charge in [0.15, 0.2) is 0 Å². The van der Waals surface area contributed by atoms with Gasteiger partial charge in [-0.3, -0.25) is 9.59 Å². The van der Waals surface area contributed by atoms with Crippen LogP contribution in [0.25, 0.3) is 22.3 Å². The first kappa shape index (κ1) is 26.6. The zero-order valence-electron chi connectivity index (χ0n) is 21.7. The summed E-state index contributed by atoms with van der Waals surface area (Å²) in [5, 5.41) is 15.8. The van der Waals surface area contributed by atoms with Crippen LogP contribution in [0.1, 0.15) is 30.6 Å². The quantitative estimate of drug-likeness (QED) is 0.217. The van der Waals surface area contributed by atoms with Crippen LogP contribution in [0.2, 0.25) is 0 Å². The van der Waals surface area contributed by atoms with Gasteiger partial charge in [-0.05, 0) is 54.4 Å². The lowest BCUT2D eigenvalue weighted by Crippen LogP contribution is -2.32. The van der Waals surface area contributed by atoms with Gasteiger partial charge in [-0.2, -0.15) is 0 Å². The van der Waals surface area contributed by atoms with E-state index in [0.717, 1.165) is 28.0 Å². The van der Waals surface area contributed by atoms with Gasteiger partial charge in [0.05, 0.1) is 25.1 Å². The highest BCUT2D eigenvalue weighted by atomic mass is 16.5. The van der Waals surface area contributed by atoms with Gasteiger partial charge in [-0.25, -0.2) is 0 Å². The average molecular weight is 517 g/mol. The molecule has 0 spiro atoms. The monoisotopic (exact) mass is 516 g/mol. The molecule has 0 fully saturated rings. The maximum Gasteiger partial charge on any atom is 0.305 e. The lowest BCUT2D eigenvalue weighted by molar-refractivity contribution is -0.136. The molecule has 0 saturated carbocycles. The van der Waals surface area contributed by atoms with E-state index in [1.165, 1.54) is 0 Å². The van der Waals surface area contributed by atoms with Crippen molar-refractivity contribution < 1.29 is 28.6 Å². The fourth-order valence-corrected chi connectivity index (χ4v) is 3.98. The molecule has 0 aliphatic rings. The minimum atomic E-state index is -0.951. The molecular weight excluding hydrogens is 484 g/mol. The Kier molecular flexibility index (Phi) is 8.53. The zero-order chi connectivity index (χ0) is 27.1. The number of anilines is 1. The minimum Gasteiger partial charge on any atom is -0.496 e. The van der Waals surface area contributed by atoms with Crippen molar-refractivity contribution in [2.24, 2.45) is 5.92 Å². The molecule has 8 nitrogen and oxygen atoms in total. The number of hydrogen-bond donors (Lipinski definition) is 3. The molecule has 4 rings (SSSR count). The van der Waals surface area contributed by atoms with Crippen molar-refractivity contribution in [2.45, 2.75) is 26.3 Å². The smallest absolute Gasteiger partial charge is 0.305 e. The van der Waals surface area contributed by atoms with Gasteiger partial charge in [-0.15, -0.1) is 0 Å². The maximum atomic E-state index is 12.2. The Balaban J connectivity index is 1.39. The fourth-order valence-electron chi connectivity index (χ4n) is 3.98. The summed E-state index contributed by atoms with van der Waals surface area (Å²) < 4.78 is 17.8. The Morgan fingerprint density at radius 3 is 2.45 bits per heavy atom. The van der Waals surface area contributed by atoms with Crippen LogP contribution in [0.4, 0.5) is 5.69 Å². The molecule has 0 bridgehead atoms. The van der Waals surface area contributed by atoms with Crippen molar-refractivity contribution >= 4 is 28.5 Å². The molecular formula is C30H32N2O6. The van der Waals surface area contributed by atoms with Crippen molar-refractivity contribution in [2.75, 3.05) is 25.6 Å². The summed E-state index contributed by atoms with van der Waals surface area (Å²) in [7, 11) is 1.62. The van der Waals surface area contributed by atoms with Crippen LogP contribution < -0.4 is 20.1 Å². The number of carbonyl (C=O) groups is 2. The van der Waals surface area contributed by atoms with Crippen molar-refractivity contribution in [1.82, 2.24) is 5.32 Å². The van der Waals surface area contributed by atoms with Gasteiger partial charge in [0.1, 0.15) is 29.4 Å². The number of amides is 1. The van der Waals surface area contributed by atoms with Crippen molar-refractivity contribution in [3.05, 3.63) is 78.4 Å². The zero-order valence-corrected chi connectivity index (χ0v) is 21.7. The van der Waals surface area contributed by atoms with Gasteiger partial charge >= 0.3 is 5.97 Å². The van der Waals surface area contributed by atoms with Crippen LogP contribution in [0, 0.1) is 5.92 Å². The van der Waals surface area contributed by atoms with E-state index >= 15 is 0 Å². The average Bonchev–Trinajstić information content (AvgIpc) is 3.35. The summed E-state index contributed by atoms with van der Waals surface area (Å²) in [4.78, 5) is 22.8. The number of para-hydroxylation sites is 1. The molecule has 8 heteroatoms. The van der Waals surface area contributed by atoms with Crippen molar-refractivity contribution in [3.8, 4) is 22.8 Å². The van der Waals surface area contributed by atoms with Crippen molar-refractivity contribution in [3.63, 3.8) is 0 Å². The first-order valence-electron chi connectivity index (χ1n) is 12.5. The Bertz CT molecular complexity index is 1360. The number of carboxylic acid groups (broad SMARTS) is 1. The molecule has 1 heterocycles. The highest BCUT2D eigenvalue weighted by molar-refractivity contribution is 5.94. The van der Waals surface area contributed by atoms with Crippen LogP contribution >= 0.6 is 0 Å². The molecule has 198 valence electrons. The molecule has 0 aliphatic carbocycles. The number of aliphatic carboxylic acids is 1. The SMILES string of the molecule is COc1cc(OCC(Nc2ccc(C(=O)NCCC(=O)O)cc2)C(C)C)ccc1-c1cc2ccccc2o1. The molecule has 1 atom stereocenters. The van der Waals surface area contributed by atoms with E-state index in [1.807, 2.05) is 60.7 Å². The lowest BCUT2D eigenvalue weighted by atomic mass is 10.0. The lowest BCUT2D eigenvalue weighted by Gasteiger charge is -2.24. The standard InChI is InChI=1S/C30H32N2O6/c1-19(2)25(32-22-10-8-20(9-11-22)30(35)31-15-14-29(33)34)18-37-23-12-13-24(27(17-23)36-3)28-16-21-6-4-5-7-26(21)38-28/h4-13,16-17,19,25,32H,14-15,18H2,1-3H3,(H,31,35)(H,33,34). The number of benzene rings is 3. The van der Waals surface area contributed by atoms with Gasteiger partial charge < -0.3 is 29.6 Å². The molecule has 1 amide bonds. The molecule has 3 N–H and O–H groups in total. The number of fused-ring (bicyclic) bond motifs is 1. The first-order chi connectivity index (χ1) is 18.3. The Morgan fingerprint density at radius 2 is 1.76 bits per heavy atom. The first-order valence-corrected chi connectivity index (χ1v) is 12.5. The number of rotatable bonds is 12. The summed E-state index contributed by atoms with van der Waals surface area (Å²) in [6.45, 7) is 4.72. The number of furan rings is 1. The van der Waals surface area contributed by atoms with Crippen LogP contribution in [0.15, 0.2) is 77.2 Å². The van der Waals surface area contributed by atoms with Crippen molar-refractivity contribution in [1.29, 1.82) is 0 Å². The van der Waals surface area contributed by atoms with E-state index in [9.17, 15) is 9.59 Å². The normalized spacial score (nSPS) is 11.8. The second-order valence-electron chi connectivity index (χ2n) is 9.29. The second kappa shape index (κ2) is 12.2. The van der Waals surface area contributed by atoms with E-state index in [-0.39, 0.29) is 30.8 Å². The third-order valence-corrected chi connectivity index (χ3v) is 6.22. The molecule has 0 radical (unpaired) electrons. The third-order valence-electron chi connectivity index (χ3n) is 6.22. The van der Waals surface area contributed by atoms with Gasteiger partial charge in [-0.1, -0.05) is 32.0 Å². The molecule has 1 unspecified atom stereocenters. The van der Waals surface area contributed by atoms with E-state index < -0.39 is 5.97 Å². The molecule has 38 heavy (non-hydrogen) atoms. The number of carbonyl (C=O) groups excluding carboxylic acids is 1. The fraction of sp³-hybridized carbons (Fsp3) is 0.267. The minimum absolute atomic E-state index is 0.00582. The van der Waals surface area contributed by atoms with Crippen LogP contribution in [-0.2, 0) is 4.79 Å². The summed E-state index contributed by atoms with van der Waals surface area (Å²) in [5.74, 6) is 1.09. The molecule has 0 saturated heterocycles. The number of ether oxygens (including phenoxy) is 2. The molecule has 4 aromatic rings. The summed E-state index contributed by atoms with van der Waals surface area (Å²) in [5.41, 5.74) is 2.99. The predicted molar refractivity (Wildman–Crippen MR) is 147 cm³/mol. The Hall–Kier alpha value is -4.46. The number of hydrogen-bond acceptors (Lipinski definition) is 6. The maximum absolute atomic E-state index is 12.2. The third kappa shape index (κ3) is 6.64. The number of nitrogens with one attached hydrogen (secondary N) is 2. The van der Waals surface area contributed by atoms with Crippen LogP contribution in [0.3, 0.4) is 0 Å². The highest BCUT2D eigenvalue weighted by Crippen LogP contribution is 2.36. The topological polar surface area (TPSA) is 110 Å². The van der Waals surface area contributed by atoms with Gasteiger partial charge in [0, 0.05) is 29.2 Å². The van der Waals surface area contributed by atoms with Crippen LogP contribution in [-0.4, -0.2) is 43.3 Å². The van der Waals surface area contributed by atoms with Crippen LogP contribution in [0.5, 0.6) is 11.5 Å². The Labute approximate surface area is 221 Å². The molecule has 3 aromatic carbocycles. The van der Waals surface area contributed by atoms with E-state index in [1.54, 1.807) is 19.2 Å². The largest absolute Gasteiger partial charge is 0.496 e. The molecule has 1 aromatic heterocycles. The summed E-state index contributed by atoms with van der Waals surface area (Å²) in [6, 6.07) is 22.6. The second-order valence-corrected chi connectivity index (χ2v) is 9.29. The van der Waals surface area contributed by atoms with Gasteiger partial charge in [0.2, 0.25) is 0 Å². The van der Waals surface area contributed by atoms with E-state index in [2.05, 4.69) is 24.5 Å². The summed E-state index contributed by atoms with van der Waals surface area (Å²) >= 11 is 0. The molecule has 0 aliphatic heterocycles.